The van der Waals surface area contributed by atoms with E-state index in [-0.39, 0.29) is 0 Å². The third-order valence-electron chi connectivity index (χ3n) is 2.72. The van der Waals surface area contributed by atoms with Gasteiger partial charge in [-0.25, -0.2) is 0 Å². The zero-order valence-corrected chi connectivity index (χ0v) is 10.4. The Morgan fingerprint density at radius 1 is 1.60 bits per heavy atom. The molecule has 0 unspecified atom stereocenters. The summed E-state index contributed by atoms with van der Waals surface area (Å²) in [5.41, 5.74) is 0.818. The van der Waals surface area contributed by atoms with Gasteiger partial charge in [0.25, 0.3) is 6.01 Å². The maximum absolute atomic E-state index is 5.68. The van der Waals surface area contributed by atoms with Crippen LogP contribution in [0, 0.1) is 0 Å². The van der Waals surface area contributed by atoms with Crippen molar-refractivity contribution in [3.05, 3.63) is 12.0 Å². The molecule has 1 fully saturated rings. The summed E-state index contributed by atoms with van der Waals surface area (Å²) < 4.78 is 5.39. The summed E-state index contributed by atoms with van der Waals surface area (Å²) in [7, 11) is 0. The number of piperidine rings is 1. The lowest BCUT2D eigenvalue weighted by Crippen LogP contribution is -2.34. The molecule has 15 heavy (non-hydrogen) atoms. The number of aromatic nitrogens is 1. The molecule has 1 aliphatic heterocycles. The van der Waals surface area contributed by atoms with Crippen LogP contribution in [0.5, 0.6) is 0 Å². The van der Waals surface area contributed by atoms with Crippen molar-refractivity contribution >= 4 is 29.4 Å². The van der Waals surface area contributed by atoms with E-state index in [1.807, 2.05) is 11.8 Å². The second-order valence-corrected chi connectivity index (χ2v) is 5.08. The number of anilines is 1. The van der Waals surface area contributed by atoms with Gasteiger partial charge >= 0.3 is 0 Å². The summed E-state index contributed by atoms with van der Waals surface area (Å²) in [6, 6.07) is 0.727. The van der Waals surface area contributed by atoms with Crippen molar-refractivity contribution in [1.29, 1.82) is 0 Å². The van der Waals surface area contributed by atoms with Crippen molar-refractivity contribution in [2.24, 2.45) is 0 Å². The van der Waals surface area contributed by atoms with Gasteiger partial charge in [0.15, 0.2) is 0 Å². The van der Waals surface area contributed by atoms with E-state index in [0.29, 0.717) is 5.88 Å². The molecule has 0 aromatic carbocycles. The Morgan fingerprint density at radius 2 is 2.33 bits per heavy atom. The van der Waals surface area contributed by atoms with Crippen LogP contribution in [0.15, 0.2) is 10.7 Å². The smallest absolute Gasteiger partial charge is 0.297 e. The SMILES string of the molecule is CSC1CCN(c2nc(CCl)co2)CC1. The fourth-order valence-electron chi connectivity index (χ4n) is 1.79. The predicted octanol–water partition coefficient (Wildman–Crippen LogP) is 2.75. The molecule has 0 aliphatic carbocycles. The Hall–Kier alpha value is -0.350. The number of thioether (sulfide) groups is 1. The number of oxazole rings is 1. The van der Waals surface area contributed by atoms with Crippen LogP contribution in [0.25, 0.3) is 0 Å². The summed E-state index contributed by atoms with van der Waals surface area (Å²) in [4.78, 5) is 6.52. The minimum atomic E-state index is 0.421. The van der Waals surface area contributed by atoms with E-state index in [0.717, 1.165) is 30.0 Å². The zero-order valence-electron chi connectivity index (χ0n) is 8.78. The van der Waals surface area contributed by atoms with Gasteiger partial charge in [0.05, 0.1) is 11.6 Å². The topological polar surface area (TPSA) is 29.3 Å². The summed E-state index contributed by atoms with van der Waals surface area (Å²) >= 11 is 7.63. The molecule has 0 spiro atoms. The third-order valence-corrected chi connectivity index (χ3v) is 4.13. The standard InChI is InChI=1S/C10H15ClN2OS/c1-15-9-2-4-13(5-3-9)10-12-8(6-11)7-14-10/h7,9H,2-6H2,1H3. The number of halogens is 1. The number of nitrogens with zero attached hydrogens (tertiary/aromatic N) is 2. The molecule has 5 heteroatoms. The Bertz CT molecular complexity index is 310. The first kappa shape index (κ1) is 11.1. The lowest BCUT2D eigenvalue weighted by atomic mass is 10.1. The van der Waals surface area contributed by atoms with Gasteiger partial charge in [0.2, 0.25) is 0 Å². The second-order valence-electron chi connectivity index (χ2n) is 3.68. The molecule has 84 valence electrons. The molecular weight excluding hydrogens is 232 g/mol. The Morgan fingerprint density at radius 3 is 2.87 bits per heavy atom. The maximum Gasteiger partial charge on any atom is 0.297 e. The van der Waals surface area contributed by atoms with Gasteiger partial charge in [-0.3, -0.25) is 0 Å². The van der Waals surface area contributed by atoms with Crippen molar-refractivity contribution in [3.8, 4) is 0 Å². The molecule has 0 bridgehead atoms. The van der Waals surface area contributed by atoms with Gasteiger partial charge in [-0.15, -0.1) is 11.6 Å². The van der Waals surface area contributed by atoms with Crippen molar-refractivity contribution in [1.82, 2.24) is 4.98 Å². The van der Waals surface area contributed by atoms with Crippen molar-refractivity contribution in [3.63, 3.8) is 0 Å². The van der Waals surface area contributed by atoms with Crippen LogP contribution in [-0.2, 0) is 5.88 Å². The Kier molecular flexibility index (Phi) is 3.81. The van der Waals surface area contributed by atoms with Gasteiger partial charge in [-0.2, -0.15) is 16.7 Å². The highest BCUT2D eigenvalue weighted by atomic mass is 35.5. The van der Waals surface area contributed by atoms with Crippen LogP contribution in [-0.4, -0.2) is 29.6 Å². The molecule has 0 atom stereocenters. The highest BCUT2D eigenvalue weighted by molar-refractivity contribution is 7.99. The summed E-state index contributed by atoms with van der Waals surface area (Å²) in [6.45, 7) is 2.07. The van der Waals surface area contributed by atoms with Crippen LogP contribution < -0.4 is 4.90 Å². The van der Waals surface area contributed by atoms with E-state index in [2.05, 4.69) is 16.1 Å². The second kappa shape index (κ2) is 5.12. The van der Waals surface area contributed by atoms with Crippen molar-refractivity contribution in [2.75, 3.05) is 24.2 Å². The minimum Gasteiger partial charge on any atom is -0.432 e. The van der Waals surface area contributed by atoms with Crippen molar-refractivity contribution < 1.29 is 4.42 Å². The van der Waals surface area contributed by atoms with Crippen LogP contribution in [0.2, 0.25) is 0 Å². The molecule has 2 rings (SSSR count). The fraction of sp³-hybridized carbons (Fsp3) is 0.700. The average molecular weight is 247 g/mol. The summed E-state index contributed by atoms with van der Waals surface area (Å²) in [5.74, 6) is 0.421. The molecule has 0 saturated carbocycles. The zero-order chi connectivity index (χ0) is 10.7. The third kappa shape index (κ3) is 2.61. The molecule has 0 amide bonds. The van der Waals surface area contributed by atoms with E-state index < -0.39 is 0 Å². The van der Waals surface area contributed by atoms with E-state index in [4.69, 9.17) is 16.0 Å². The molecular formula is C10H15ClN2OS. The highest BCUT2D eigenvalue weighted by Crippen LogP contribution is 2.24. The Balaban J connectivity index is 1.95. The molecule has 1 saturated heterocycles. The quantitative estimate of drug-likeness (QED) is 0.767. The molecule has 1 aromatic rings. The van der Waals surface area contributed by atoms with Crippen LogP contribution in [0.3, 0.4) is 0 Å². The van der Waals surface area contributed by atoms with Gasteiger partial charge in [-0.05, 0) is 19.1 Å². The van der Waals surface area contributed by atoms with E-state index >= 15 is 0 Å². The van der Waals surface area contributed by atoms with E-state index in [9.17, 15) is 0 Å². The molecule has 2 heterocycles. The monoisotopic (exact) mass is 246 g/mol. The first-order chi connectivity index (χ1) is 7.33. The first-order valence-electron chi connectivity index (χ1n) is 5.11. The number of hydrogen-bond donors (Lipinski definition) is 0. The lowest BCUT2D eigenvalue weighted by Gasteiger charge is -2.29. The minimum absolute atomic E-state index is 0.421. The van der Waals surface area contributed by atoms with Crippen LogP contribution in [0.4, 0.5) is 6.01 Å². The largest absolute Gasteiger partial charge is 0.432 e. The number of alkyl halides is 1. The predicted molar refractivity (Wildman–Crippen MR) is 64.8 cm³/mol. The van der Waals surface area contributed by atoms with Crippen molar-refractivity contribution in [2.45, 2.75) is 24.0 Å². The summed E-state index contributed by atoms with van der Waals surface area (Å²) in [5, 5.41) is 0.795. The van der Waals surface area contributed by atoms with Gasteiger partial charge in [0, 0.05) is 18.3 Å². The van der Waals surface area contributed by atoms with Gasteiger partial charge in [-0.1, -0.05) is 0 Å². The molecule has 0 radical (unpaired) electrons. The van der Waals surface area contributed by atoms with E-state index in [1.165, 1.54) is 12.8 Å². The van der Waals surface area contributed by atoms with Gasteiger partial charge < -0.3 is 9.32 Å². The average Bonchev–Trinajstić information content (AvgIpc) is 2.78. The normalized spacial score (nSPS) is 18.4. The molecule has 0 N–H and O–H groups in total. The molecule has 1 aliphatic rings. The van der Waals surface area contributed by atoms with E-state index in [1.54, 1.807) is 6.26 Å². The summed E-state index contributed by atoms with van der Waals surface area (Å²) in [6.07, 6.45) is 6.24. The molecule has 3 nitrogen and oxygen atoms in total. The van der Waals surface area contributed by atoms with Gasteiger partial charge in [0.1, 0.15) is 6.26 Å². The maximum atomic E-state index is 5.68. The number of hydrogen-bond acceptors (Lipinski definition) is 4. The Labute approximate surface area is 99.2 Å². The lowest BCUT2D eigenvalue weighted by molar-refractivity contribution is 0.496. The molecule has 1 aromatic heterocycles. The van der Waals surface area contributed by atoms with Crippen LogP contribution in [0.1, 0.15) is 18.5 Å². The van der Waals surface area contributed by atoms with Crippen LogP contribution >= 0.6 is 23.4 Å². The number of rotatable bonds is 3. The first-order valence-corrected chi connectivity index (χ1v) is 6.94. The highest BCUT2D eigenvalue weighted by Gasteiger charge is 2.21. The fourth-order valence-corrected chi connectivity index (χ4v) is 2.59.